The number of halogens is 1. The Labute approximate surface area is 188 Å². The Balaban J connectivity index is 2.16. The van der Waals surface area contributed by atoms with Crippen LogP contribution < -0.4 is 4.74 Å². The molecule has 0 radical (unpaired) electrons. The maximum Gasteiger partial charge on any atom is 0.315 e. The third-order valence-electron chi connectivity index (χ3n) is 5.93. The minimum Gasteiger partial charge on any atom is -0.503 e. The zero-order valence-electron chi connectivity index (χ0n) is 18.8. The SMILES string of the molecule is CCCCOC(=O)C1C(C)=NC2=C(C(=O)CC(C)(C)C2)[C@H]1c1cc(Cl)c(O)c(OC)c1. The Bertz CT molecular complexity index is 963. The molecule has 2 atom stereocenters. The van der Waals surface area contributed by atoms with E-state index in [0.717, 1.165) is 12.8 Å². The number of benzene rings is 1. The van der Waals surface area contributed by atoms with Crippen LogP contribution in [0.15, 0.2) is 28.4 Å². The number of nitrogens with zero attached hydrogens (tertiary/aromatic N) is 1. The topological polar surface area (TPSA) is 85.2 Å². The molecule has 6 nitrogen and oxygen atoms in total. The highest BCUT2D eigenvalue weighted by Crippen LogP contribution is 2.49. The predicted octanol–water partition coefficient (Wildman–Crippen LogP) is 5.22. The van der Waals surface area contributed by atoms with E-state index in [1.807, 2.05) is 20.8 Å². The highest BCUT2D eigenvalue weighted by atomic mass is 35.5. The van der Waals surface area contributed by atoms with Crippen molar-refractivity contribution < 1.29 is 24.2 Å². The van der Waals surface area contributed by atoms with Crippen molar-refractivity contribution in [3.8, 4) is 11.5 Å². The predicted molar refractivity (Wildman–Crippen MR) is 120 cm³/mol. The Morgan fingerprint density at radius 2 is 2.03 bits per heavy atom. The van der Waals surface area contributed by atoms with Gasteiger partial charge in [-0.15, -0.1) is 0 Å². The summed E-state index contributed by atoms with van der Waals surface area (Å²) in [7, 11) is 1.43. The van der Waals surface area contributed by atoms with Crippen molar-refractivity contribution >= 4 is 29.1 Å². The van der Waals surface area contributed by atoms with Crippen molar-refractivity contribution in [1.29, 1.82) is 0 Å². The second kappa shape index (κ2) is 9.03. The summed E-state index contributed by atoms with van der Waals surface area (Å²) in [4.78, 5) is 31.1. The third kappa shape index (κ3) is 4.64. The van der Waals surface area contributed by atoms with Gasteiger partial charge in [-0.25, -0.2) is 0 Å². The van der Waals surface area contributed by atoms with E-state index in [-0.39, 0.29) is 27.7 Å². The lowest BCUT2D eigenvalue weighted by Gasteiger charge is -2.39. The van der Waals surface area contributed by atoms with E-state index >= 15 is 0 Å². The van der Waals surface area contributed by atoms with Crippen LogP contribution in [0.25, 0.3) is 0 Å². The van der Waals surface area contributed by atoms with Gasteiger partial charge in [-0.2, -0.15) is 0 Å². The Morgan fingerprint density at radius 3 is 2.68 bits per heavy atom. The molecule has 2 aliphatic rings. The minimum atomic E-state index is -0.744. The third-order valence-corrected chi connectivity index (χ3v) is 6.22. The number of carbonyl (C=O) groups excluding carboxylic acids is 2. The summed E-state index contributed by atoms with van der Waals surface area (Å²) in [5.41, 5.74) is 2.27. The Hall–Kier alpha value is -2.34. The van der Waals surface area contributed by atoms with E-state index in [1.54, 1.807) is 19.1 Å². The average molecular weight is 448 g/mol. The second-order valence-corrected chi connectivity index (χ2v) is 9.49. The van der Waals surface area contributed by atoms with Gasteiger partial charge in [0.1, 0.15) is 5.92 Å². The second-order valence-electron chi connectivity index (χ2n) is 9.08. The highest BCUT2D eigenvalue weighted by molar-refractivity contribution is 6.32. The van der Waals surface area contributed by atoms with E-state index in [9.17, 15) is 14.7 Å². The Kier molecular flexibility index (Phi) is 6.79. The fourth-order valence-corrected chi connectivity index (χ4v) is 4.67. The monoisotopic (exact) mass is 447 g/mol. The molecular formula is C24H30ClNO5. The van der Waals surface area contributed by atoms with E-state index < -0.39 is 17.8 Å². The molecule has 0 fully saturated rings. The molecule has 0 bridgehead atoms. The molecule has 0 saturated carbocycles. The normalized spacial score (nSPS) is 22.6. The lowest BCUT2D eigenvalue weighted by atomic mass is 9.67. The van der Waals surface area contributed by atoms with Crippen molar-refractivity contribution in [3.05, 3.63) is 34.0 Å². The Morgan fingerprint density at radius 1 is 1.32 bits per heavy atom. The number of phenols is 1. The molecule has 1 unspecified atom stereocenters. The summed E-state index contributed by atoms with van der Waals surface area (Å²) in [5, 5.41) is 10.3. The quantitative estimate of drug-likeness (QED) is 0.477. The van der Waals surface area contributed by atoms with E-state index in [2.05, 4.69) is 0 Å². The van der Waals surface area contributed by atoms with Crippen LogP contribution >= 0.6 is 11.6 Å². The van der Waals surface area contributed by atoms with Crippen LogP contribution in [0.5, 0.6) is 11.5 Å². The maximum absolute atomic E-state index is 13.3. The molecule has 168 valence electrons. The van der Waals surface area contributed by atoms with Gasteiger partial charge in [0.05, 0.1) is 18.7 Å². The molecule has 0 spiro atoms. The lowest BCUT2D eigenvalue weighted by molar-refractivity contribution is -0.146. The molecule has 1 heterocycles. The lowest BCUT2D eigenvalue weighted by Crippen LogP contribution is -2.39. The first-order valence-electron chi connectivity index (χ1n) is 10.6. The molecule has 1 aliphatic carbocycles. The number of hydrogen-bond donors (Lipinski definition) is 1. The smallest absolute Gasteiger partial charge is 0.315 e. The van der Waals surface area contributed by atoms with Gasteiger partial charge < -0.3 is 14.6 Å². The summed E-state index contributed by atoms with van der Waals surface area (Å²) in [6, 6.07) is 3.22. The van der Waals surface area contributed by atoms with Crippen LogP contribution in [-0.4, -0.2) is 36.3 Å². The number of ether oxygens (including phenoxy) is 2. The van der Waals surface area contributed by atoms with E-state index in [0.29, 0.717) is 42.0 Å². The number of methoxy groups -OCH3 is 1. The van der Waals surface area contributed by atoms with Crippen molar-refractivity contribution in [2.75, 3.05) is 13.7 Å². The number of ketones is 1. The molecule has 1 aromatic rings. The number of esters is 1. The number of aliphatic imine (C=N–C) groups is 1. The van der Waals surface area contributed by atoms with Gasteiger partial charge in [-0.05, 0) is 42.9 Å². The minimum absolute atomic E-state index is 0.0259. The largest absolute Gasteiger partial charge is 0.503 e. The molecule has 3 rings (SSSR count). The van der Waals surface area contributed by atoms with Gasteiger partial charge in [0.25, 0.3) is 0 Å². The van der Waals surface area contributed by atoms with Gasteiger partial charge in [0, 0.05) is 29.3 Å². The molecule has 0 aromatic heterocycles. The number of Topliss-reactive ketones (excluding diaryl/α,β-unsaturated/α-hetero) is 1. The number of hydrogen-bond acceptors (Lipinski definition) is 6. The zero-order chi connectivity index (χ0) is 22.9. The number of allylic oxidation sites excluding steroid dienone is 2. The van der Waals surface area contributed by atoms with Gasteiger partial charge in [-0.3, -0.25) is 14.6 Å². The average Bonchev–Trinajstić information content (AvgIpc) is 2.68. The van der Waals surface area contributed by atoms with Crippen molar-refractivity contribution in [2.45, 2.75) is 59.3 Å². The van der Waals surface area contributed by atoms with Gasteiger partial charge in [-0.1, -0.05) is 38.8 Å². The van der Waals surface area contributed by atoms with Gasteiger partial charge in [0.15, 0.2) is 17.3 Å². The first kappa shape index (κ1) is 23.3. The van der Waals surface area contributed by atoms with E-state index in [4.69, 9.17) is 26.1 Å². The molecular weight excluding hydrogens is 418 g/mol. The fraction of sp³-hybridized carbons (Fsp3) is 0.542. The number of phenolic OH excluding ortho intramolecular Hbond substituents is 1. The standard InChI is InChI=1S/C24H30ClNO5/c1-6-7-8-31-23(29)19-13(2)26-16-11-24(3,4)12-17(27)21(16)20(19)14-9-15(25)22(28)18(10-14)30-5/h9-10,19-20,28H,6-8,11-12H2,1-5H3/t19?,20-/m0/s1. The van der Waals surface area contributed by atoms with Crippen LogP contribution in [-0.2, 0) is 14.3 Å². The van der Waals surface area contributed by atoms with Crippen molar-refractivity contribution in [1.82, 2.24) is 0 Å². The van der Waals surface area contributed by atoms with Crippen LogP contribution in [0, 0.1) is 11.3 Å². The van der Waals surface area contributed by atoms with E-state index in [1.165, 1.54) is 7.11 Å². The molecule has 0 saturated heterocycles. The van der Waals surface area contributed by atoms with Crippen LogP contribution in [0.2, 0.25) is 5.02 Å². The molecule has 1 N–H and O–H groups in total. The summed E-state index contributed by atoms with van der Waals surface area (Å²) >= 11 is 6.26. The van der Waals surface area contributed by atoms with Crippen molar-refractivity contribution in [3.63, 3.8) is 0 Å². The summed E-state index contributed by atoms with van der Waals surface area (Å²) < 4.78 is 10.8. The molecule has 0 amide bonds. The molecule has 1 aromatic carbocycles. The van der Waals surface area contributed by atoms with Crippen LogP contribution in [0.3, 0.4) is 0 Å². The van der Waals surface area contributed by atoms with Gasteiger partial charge in [0.2, 0.25) is 0 Å². The number of aromatic hydroxyl groups is 1. The summed E-state index contributed by atoms with van der Waals surface area (Å²) in [5.74, 6) is -1.77. The first-order valence-corrected chi connectivity index (χ1v) is 11.0. The maximum atomic E-state index is 13.3. The van der Waals surface area contributed by atoms with Gasteiger partial charge >= 0.3 is 5.97 Å². The highest BCUT2D eigenvalue weighted by Gasteiger charge is 2.46. The molecule has 7 heteroatoms. The van der Waals surface area contributed by atoms with Crippen LogP contribution in [0.4, 0.5) is 0 Å². The first-order chi connectivity index (χ1) is 14.6. The molecule has 1 aliphatic heterocycles. The fourth-order valence-electron chi connectivity index (χ4n) is 4.45. The number of carbonyl (C=O) groups is 2. The van der Waals surface area contributed by atoms with Crippen LogP contribution in [0.1, 0.15) is 64.9 Å². The number of unbranched alkanes of at least 4 members (excludes halogenated alkanes) is 1. The van der Waals surface area contributed by atoms with Crippen molar-refractivity contribution in [2.24, 2.45) is 16.3 Å². The number of rotatable bonds is 6. The summed E-state index contributed by atoms with van der Waals surface area (Å²) in [6.45, 7) is 8.22. The summed E-state index contributed by atoms with van der Waals surface area (Å²) in [6.07, 6.45) is 2.68. The zero-order valence-corrected chi connectivity index (χ0v) is 19.5. The molecule has 31 heavy (non-hydrogen) atoms.